The Hall–Kier alpha value is -1.53. The quantitative estimate of drug-likeness (QED) is 0.746. The number of carbonyl (C=O) groups excluding carboxylic acids is 1. The first-order chi connectivity index (χ1) is 10.8. The zero-order valence-electron chi connectivity index (χ0n) is 14.1. The molecule has 3 heterocycles. The number of hydrogen-bond donors (Lipinski definition) is 0. The van der Waals surface area contributed by atoms with Gasteiger partial charge in [-0.2, -0.15) is 0 Å². The summed E-state index contributed by atoms with van der Waals surface area (Å²) in [4.78, 5) is 13.7. The fourth-order valence-electron chi connectivity index (χ4n) is 3.46. The minimum absolute atomic E-state index is 0.178. The molecular weight excluding hydrogens is 293 g/mol. The van der Waals surface area contributed by atoms with Gasteiger partial charge in [-0.1, -0.05) is 12.1 Å². The SMILES string of the molecule is CC1(C)OB(c2ccc3c(c2)CCC2COC(=O)N32)OC1(C)C. The van der Waals surface area contributed by atoms with Gasteiger partial charge in [-0.25, -0.2) is 4.79 Å². The molecule has 0 N–H and O–H groups in total. The van der Waals surface area contributed by atoms with E-state index in [1.807, 2.05) is 12.1 Å². The van der Waals surface area contributed by atoms with Gasteiger partial charge in [0.25, 0.3) is 0 Å². The van der Waals surface area contributed by atoms with Crippen molar-refractivity contribution < 1.29 is 18.8 Å². The molecule has 23 heavy (non-hydrogen) atoms. The van der Waals surface area contributed by atoms with Gasteiger partial charge in [0.15, 0.2) is 0 Å². The second kappa shape index (κ2) is 4.74. The number of fused-ring (bicyclic) bond motifs is 3. The van der Waals surface area contributed by atoms with Crippen molar-refractivity contribution in [3.05, 3.63) is 23.8 Å². The Morgan fingerprint density at radius 1 is 1.17 bits per heavy atom. The molecule has 0 bridgehead atoms. The third-order valence-electron chi connectivity index (χ3n) is 5.60. The number of rotatable bonds is 1. The molecule has 0 radical (unpaired) electrons. The van der Waals surface area contributed by atoms with Crippen molar-refractivity contribution in [3.8, 4) is 0 Å². The van der Waals surface area contributed by atoms with E-state index in [1.54, 1.807) is 4.90 Å². The number of amides is 1. The van der Waals surface area contributed by atoms with E-state index in [9.17, 15) is 4.79 Å². The van der Waals surface area contributed by atoms with Crippen LogP contribution in [0.4, 0.5) is 10.5 Å². The Morgan fingerprint density at radius 2 is 1.87 bits per heavy atom. The van der Waals surface area contributed by atoms with Crippen LogP contribution >= 0.6 is 0 Å². The van der Waals surface area contributed by atoms with Crippen LogP contribution < -0.4 is 10.4 Å². The number of ether oxygens (including phenoxy) is 1. The molecule has 2 fully saturated rings. The maximum Gasteiger partial charge on any atom is 0.494 e. The highest BCUT2D eigenvalue weighted by atomic mass is 16.7. The third kappa shape index (κ3) is 2.19. The number of anilines is 1. The molecular formula is C17H22BNO4. The lowest BCUT2D eigenvalue weighted by Crippen LogP contribution is -2.41. The standard InChI is InChI=1S/C17H22BNO4/c1-16(2)17(3,4)23-18(22-16)12-6-8-14-11(9-12)5-7-13-10-21-15(20)19(13)14/h6,8-9,13H,5,7,10H2,1-4H3. The molecule has 1 aromatic carbocycles. The highest BCUT2D eigenvalue weighted by molar-refractivity contribution is 6.62. The van der Waals surface area contributed by atoms with Gasteiger partial charge in [-0.3, -0.25) is 4.90 Å². The molecule has 0 spiro atoms. The molecule has 5 nitrogen and oxygen atoms in total. The van der Waals surface area contributed by atoms with Crippen LogP contribution in [0, 0.1) is 0 Å². The molecule has 1 unspecified atom stereocenters. The summed E-state index contributed by atoms with van der Waals surface area (Å²) in [5.74, 6) is 0. The average molecular weight is 315 g/mol. The van der Waals surface area contributed by atoms with Crippen LogP contribution in [-0.2, 0) is 20.5 Å². The summed E-state index contributed by atoms with van der Waals surface area (Å²) in [6.07, 6.45) is 1.64. The molecule has 3 aliphatic rings. The smallest absolute Gasteiger partial charge is 0.447 e. The van der Waals surface area contributed by atoms with Crippen LogP contribution in [0.3, 0.4) is 0 Å². The second-order valence-electron chi connectivity index (χ2n) is 7.62. The van der Waals surface area contributed by atoms with E-state index < -0.39 is 0 Å². The summed E-state index contributed by atoms with van der Waals surface area (Å²) < 4.78 is 17.4. The predicted molar refractivity (Wildman–Crippen MR) is 88.1 cm³/mol. The largest absolute Gasteiger partial charge is 0.494 e. The van der Waals surface area contributed by atoms with Crippen LogP contribution in [0.25, 0.3) is 0 Å². The lowest BCUT2D eigenvalue weighted by molar-refractivity contribution is 0.00578. The fraction of sp³-hybridized carbons (Fsp3) is 0.588. The minimum atomic E-state index is -0.367. The summed E-state index contributed by atoms with van der Waals surface area (Å²) >= 11 is 0. The maximum atomic E-state index is 11.9. The van der Waals surface area contributed by atoms with Gasteiger partial charge in [0.2, 0.25) is 0 Å². The Labute approximate surface area is 137 Å². The Balaban J connectivity index is 1.65. The van der Waals surface area contributed by atoms with Crippen molar-refractivity contribution in [1.29, 1.82) is 0 Å². The molecule has 0 aliphatic carbocycles. The highest BCUT2D eigenvalue weighted by Crippen LogP contribution is 2.38. The van der Waals surface area contributed by atoms with Gasteiger partial charge >= 0.3 is 13.2 Å². The van der Waals surface area contributed by atoms with Crippen LogP contribution in [0.5, 0.6) is 0 Å². The van der Waals surface area contributed by atoms with Gasteiger partial charge in [-0.15, -0.1) is 0 Å². The van der Waals surface area contributed by atoms with E-state index in [0.29, 0.717) is 6.61 Å². The fourth-order valence-corrected chi connectivity index (χ4v) is 3.46. The summed E-state index contributed by atoms with van der Waals surface area (Å²) in [5, 5.41) is 0. The van der Waals surface area contributed by atoms with E-state index in [0.717, 1.165) is 29.6 Å². The maximum absolute atomic E-state index is 11.9. The molecule has 2 saturated heterocycles. The number of cyclic esters (lactones) is 1. The van der Waals surface area contributed by atoms with Crippen LogP contribution in [0.2, 0.25) is 0 Å². The van der Waals surface area contributed by atoms with Crippen LogP contribution in [0.1, 0.15) is 39.7 Å². The molecule has 1 aromatic rings. The number of nitrogens with zero attached hydrogens (tertiary/aromatic N) is 1. The molecule has 4 rings (SSSR count). The lowest BCUT2D eigenvalue weighted by atomic mass is 9.77. The van der Waals surface area contributed by atoms with Gasteiger partial charge in [0.05, 0.1) is 22.9 Å². The molecule has 3 aliphatic heterocycles. The number of carbonyl (C=O) groups is 1. The first kappa shape index (κ1) is 15.0. The minimum Gasteiger partial charge on any atom is -0.447 e. The van der Waals surface area contributed by atoms with Crippen molar-refractivity contribution in [2.24, 2.45) is 0 Å². The normalized spacial score (nSPS) is 27.7. The van der Waals surface area contributed by atoms with E-state index in [1.165, 1.54) is 0 Å². The average Bonchev–Trinajstić information content (AvgIpc) is 2.96. The monoisotopic (exact) mass is 315 g/mol. The third-order valence-corrected chi connectivity index (χ3v) is 5.60. The zero-order chi connectivity index (χ0) is 16.4. The van der Waals surface area contributed by atoms with E-state index in [2.05, 4.69) is 33.8 Å². The Kier molecular flexibility index (Phi) is 3.10. The highest BCUT2D eigenvalue weighted by Gasteiger charge is 2.52. The summed E-state index contributed by atoms with van der Waals surface area (Å²) in [5.41, 5.74) is 2.43. The van der Waals surface area contributed by atoms with E-state index in [4.69, 9.17) is 14.0 Å². The summed E-state index contributed by atoms with van der Waals surface area (Å²) in [6.45, 7) is 8.70. The first-order valence-electron chi connectivity index (χ1n) is 8.23. The van der Waals surface area contributed by atoms with Crippen molar-refractivity contribution in [3.63, 3.8) is 0 Å². The zero-order valence-corrected chi connectivity index (χ0v) is 14.1. The lowest BCUT2D eigenvalue weighted by Gasteiger charge is -2.32. The van der Waals surface area contributed by atoms with Crippen molar-refractivity contribution in [2.45, 2.75) is 57.8 Å². The summed E-state index contributed by atoms with van der Waals surface area (Å²) in [6, 6.07) is 6.28. The first-order valence-corrected chi connectivity index (χ1v) is 8.23. The topological polar surface area (TPSA) is 48.0 Å². The molecule has 1 amide bonds. The van der Waals surface area contributed by atoms with Gasteiger partial charge in [0.1, 0.15) is 6.61 Å². The number of benzene rings is 1. The van der Waals surface area contributed by atoms with Crippen LogP contribution in [0.15, 0.2) is 18.2 Å². The van der Waals surface area contributed by atoms with Gasteiger partial charge in [0, 0.05) is 0 Å². The van der Waals surface area contributed by atoms with E-state index >= 15 is 0 Å². The molecule has 0 saturated carbocycles. The molecule has 6 heteroatoms. The Morgan fingerprint density at radius 3 is 2.57 bits per heavy atom. The summed E-state index contributed by atoms with van der Waals surface area (Å²) in [7, 11) is -0.367. The molecule has 122 valence electrons. The van der Waals surface area contributed by atoms with Crippen molar-refractivity contribution in [2.75, 3.05) is 11.5 Å². The number of hydrogen-bond acceptors (Lipinski definition) is 4. The molecule has 0 aromatic heterocycles. The van der Waals surface area contributed by atoms with Crippen LogP contribution in [-0.4, -0.2) is 37.1 Å². The molecule has 1 atom stereocenters. The van der Waals surface area contributed by atoms with Crippen molar-refractivity contribution in [1.82, 2.24) is 0 Å². The van der Waals surface area contributed by atoms with Gasteiger partial charge < -0.3 is 14.0 Å². The van der Waals surface area contributed by atoms with E-state index in [-0.39, 0.29) is 30.5 Å². The second-order valence-corrected chi connectivity index (χ2v) is 7.62. The van der Waals surface area contributed by atoms with Crippen molar-refractivity contribution >= 4 is 24.4 Å². The number of aryl methyl sites for hydroxylation is 1. The van der Waals surface area contributed by atoms with Gasteiger partial charge in [-0.05, 0) is 57.6 Å². The predicted octanol–water partition coefficient (Wildman–Crippen LogP) is 2.26. The Bertz CT molecular complexity index is 657.